The Morgan fingerprint density at radius 1 is 1.18 bits per heavy atom. The molecule has 0 radical (unpaired) electrons. The molecule has 28 heavy (non-hydrogen) atoms. The molecule has 1 amide bonds. The lowest BCUT2D eigenvalue weighted by molar-refractivity contribution is 0.102. The maximum atomic E-state index is 12.8. The summed E-state index contributed by atoms with van der Waals surface area (Å²) in [5.74, 6) is 0.642. The van der Waals surface area contributed by atoms with Gasteiger partial charge >= 0.3 is 0 Å². The zero-order chi connectivity index (χ0) is 19.3. The number of ether oxygens (including phenoxy) is 1. The van der Waals surface area contributed by atoms with Crippen LogP contribution in [0.4, 0.5) is 5.82 Å². The van der Waals surface area contributed by atoms with Gasteiger partial charge in [-0.2, -0.15) is 11.3 Å². The number of aryl methyl sites for hydroxylation is 1. The van der Waals surface area contributed by atoms with Crippen LogP contribution in [0, 0.1) is 6.92 Å². The molecule has 8 heteroatoms. The first-order valence-corrected chi connectivity index (χ1v) is 10.2. The van der Waals surface area contributed by atoms with E-state index in [1.165, 1.54) is 11.3 Å². The third-order valence-electron chi connectivity index (χ3n) is 3.92. The Hall–Kier alpha value is -3.10. The van der Waals surface area contributed by atoms with Crippen LogP contribution in [0.1, 0.15) is 20.9 Å². The van der Waals surface area contributed by atoms with E-state index in [2.05, 4.69) is 20.3 Å². The van der Waals surface area contributed by atoms with Gasteiger partial charge in [0.1, 0.15) is 16.5 Å². The van der Waals surface area contributed by atoms with Gasteiger partial charge in [-0.05, 0) is 48.2 Å². The second-order valence-corrected chi connectivity index (χ2v) is 7.67. The maximum absolute atomic E-state index is 12.8. The molecule has 140 valence electrons. The van der Waals surface area contributed by atoms with Gasteiger partial charge in [-0.3, -0.25) is 9.78 Å². The molecule has 0 unspecified atom stereocenters. The number of anilines is 1. The normalized spacial score (nSPS) is 10.6. The number of hydrogen-bond donors (Lipinski definition) is 1. The zero-order valence-electron chi connectivity index (χ0n) is 15.0. The summed E-state index contributed by atoms with van der Waals surface area (Å²) in [7, 11) is 0. The lowest BCUT2D eigenvalue weighted by Gasteiger charge is -2.11. The van der Waals surface area contributed by atoms with E-state index in [0.29, 0.717) is 28.7 Å². The SMILES string of the molecule is Cc1nc(-c2ccsc2)sc1C(=O)Nc1ncccc1OCc1ccncc1. The van der Waals surface area contributed by atoms with Crippen LogP contribution >= 0.6 is 22.7 Å². The van der Waals surface area contributed by atoms with Crippen LogP contribution < -0.4 is 10.1 Å². The number of thiophene rings is 1. The Morgan fingerprint density at radius 2 is 2.04 bits per heavy atom. The highest BCUT2D eigenvalue weighted by Crippen LogP contribution is 2.30. The lowest BCUT2D eigenvalue weighted by atomic mass is 10.3. The summed E-state index contributed by atoms with van der Waals surface area (Å²) in [6.45, 7) is 2.19. The van der Waals surface area contributed by atoms with Crippen LogP contribution in [0.5, 0.6) is 5.75 Å². The predicted molar refractivity (Wildman–Crippen MR) is 111 cm³/mol. The van der Waals surface area contributed by atoms with Gasteiger partial charge in [-0.1, -0.05) is 0 Å². The topological polar surface area (TPSA) is 77.0 Å². The fraction of sp³-hybridized carbons (Fsp3) is 0.100. The summed E-state index contributed by atoms with van der Waals surface area (Å²) in [6, 6.07) is 9.29. The van der Waals surface area contributed by atoms with E-state index in [0.717, 1.165) is 16.1 Å². The van der Waals surface area contributed by atoms with Crippen molar-refractivity contribution in [3.8, 4) is 16.3 Å². The standard InChI is InChI=1S/C20H16N4O2S2/c1-13-17(28-20(23-13)15-6-10-27-12-15)19(25)24-18-16(3-2-7-22-18)26-11-14-4-8-21-9-5-14/h2-10,12H,11H2,1H3,(H,22,24,25). The smallest absolute Gasteiger partial charge is 0.268 e. The molecular weight excluding hydrogens is 392 g/mol. The van der Waals surface area contributed by atoms with E-state index in [1.54, 1.807) is 42.1 Å². The Bertz CT molecular complexity index is 1080. The van der Waals surface area contributed by atoms with Crippen LogP contribution in [0.25, 0.3) is 10.6 Å². The molecule has 0 saturated carbocycles. The van der Waals surface area contributed by atoms with Crippen molar-refractivity contribution in [1.29, 1.82) is 0 Å². The fourth-order valence-electron chi connectivity index (χ4n) is 2.52. The van der Waals surface area contributed by atoms with Crippen molar-refractivity contribution in [3.63, 3.8) is 0 Å². The summed E-state index contributed by atoms with van der Waals surface area (Å²) in [5.41, 5.74) is 2.70. The Kier molecular flexibility index (Phi) is 5.41. The molecule has 4 aromatic heterocycles. The quantitative estimate of drug-likeness (QED) is 0.496. The monoisotopic (exact) mass is 408 g/mol. The summed E-state index contributed by atoms with van der Waals surface area (Å²) in [6.07, 6.45) is 5.04. The van der Waals surface area contributed by atoms with Crippen molar-refractivity contribution in [1.82, 2.24) is 15.0 Å². The first kappa shape index (κ1) is 18.3. The first-order valence-electron chi connectivity index (χ1n) is 8.49. The number of rotatable bonds is 6. The number of pyridine rings is 2. The molecule has 4 heterocycles. The molecule has 0 saturated heterocycles. The number of aromatic nitrogens is 3. The summed E-state index contributed by atoms with van der Waals surface area (Å²) >= 11 is 2.97. The molecule has 1 N–H and O–H groups in total. The molecular formula is C20H16N4O2S2. The zero-order valence-corrected chi connectivity index (χ0v) is 16.6. The molecule has 0 aromatic carbocycles. The number of nitrogens with one attached hydrogen (secondary N) is 1. The van der Waals surface area contributed by atoms with Gasteiger partial charge in [0.25, 0.3) is 5.91 Å². The van der Waals surface area contributed by atoms with Gasteiger partial charge < -0.3 is 10.1 Å². The second kappa shape index (κ2) is 8.28. The Morgan fingerprint density at radius 3 is 2.82 bits per heavy atom. The second-order valence-electron chi connectivity index (χ2n) is 5.89. The number of amides is 1. The minimum Gasteiger partial charge on any atom is -0.485 e. The van der Waals surface area contributed by atoms with Gasteiger partial charge in [0.05, 0.1) is 5.69 Å². The van der Waals surface area contributed by atoms with E-state index in [4.69, 9.17) is 4.74 Å². The maximum Gasteiger partial charge on any atom is 0.268 e. The van der Waals surface area contributed by atoms with Gasteiger partial charge in [0, 0.05) is 29.5 Å². The molecule has 4 rings (SSSR count). The minimum atomic E-state index is -0.246. The predicted octanol–water partition coefficient (Wildman–Crippen LogP) is 4.80. The van der Waals surface area contributed by atoms with Crippen molar-refractivity contribution in [2.75, 3.05) is 5.32 Å². The van der Waals surface area contributed by atoms with E-state index in [9.17, 15) is 4.79 Å². The van der Waals surface area contributed by atoms with Gasteiger partial charge in [0.2, 0.25) is 0 Å². The van der Waals surface area contributed by atoms with Gasteiger partial charge in [-0.25, -0.2) is 9.97 Å². The van der Waals surface area contributed by atoms with Gasteiger partial charge in [0.15, 0.2) is 11.6 Å². The number of hydrogen-bond acceptors (Lipinski definition) is 7. The average molecular weight is 409 g/mol. The third kappa shape index (κ3) is 4.08. The van der Waals surface area contributed by atoms with Gasteiger partial charge in [-0.15, -0.1) is 11.3 Å². The average Bonchev–Trinajstić information content (AvgIpc) is 3.38. The molecule has 0 atom stereocenters. The van der Waals surface area contributed by atoms with E-state index in [1.807, 2.05) is 35.9 Å². The van der Waals surface area contributed by atoms with Crippen LogP contribution in [-0.4, -0.2) is 20.9 Å². The molecule has 0 aliphatic heterocycles. The Labute approximate surface area is 169 Å². The third-order valence-corrected chi connectivity index (χ3v) is 5.81. The van der Waals surface area contributed by atoms with Crippen LogP contribution in [0.15, 0.2) is 59.7 Å². The van der Waals surface area contributed by atoms with Crippen molar-refractivity contribution in [3.05, 3.63) is 75.8 Å². The Balaban J connectivity index is 1.51. The first-order chi connectivity index (χ1) is 13.7. The summed E-state index contributed by atoms with van der Waals surface area (Å²) in [5, 5.41) is 7.69. The number of thiazole rings is 1. The van der Waals surface area contributed by atoms with Crippen LogP contribution in [-0.2, 0) is 6.61 Å². The summed E-state index contributed by atoms with van der Waals surface area (Å²) < 4.78 is 5.84. The highest BCUT2D eigenvalue weighted by Gasteiger charge is 2.18. The highest BCUT2D eigenvalue weighted by atomic mass is 32.1. The molecule has 0 aliphatic rings. The van der Waals surface area contributed by atoms with Crippen molar-refractivity contribution < 1.29 is 9.53 Å². The van der Waals surface area contributed by atoms with E-state index >= 15 is 0 Å². The molecule has 0 bridgehead atoms. The fourth-order valence-corrected chi connectivity index (χ4v) is 4.19. The largest absolute Gasteiger partial charge is 0.485 e. The number of carbonyl (C=O) groups excluding carboxylic acids is 1. The van der Waals surface area contributed by atoms with Crippen molar-refractivity contribution in [2.45, 2.75) is 13.5 Å². The van der Waals surface area contributed by atoms with Crippen molar-refractivity contribution >= 4 is 34.4 Å². The van der Waals surface area contributed by atoms with Crippen LogP contribution in [0.2, 0.25) is 0 Å². The van der Waals surface area contributed by atoms with E-state index in [-0.39, 0.29) is 5.91 Å². The molecule has 0 aliphatic carbocycles. The van der Waals surface area contributed by atoms with Crippen molar-refractivity contribution in [2.24, 2.45) is 0 Å². The molecule has 6 nitrogen and oxygen atoms in total. The minimum absolute atomic E-state index is 0.246. The molecule has 0 spiro atoms. The summed E-state index contributed by atoms with van der Waals surface area (Å²) in [4.78, 5) is 26.1. The van der Waals surface area contributed by atoms with Crippen LogP contribution in [0.3, 0.4) is 0 Å². The molecule has 0 fully saturated rings. The lowest BCUT2D eigenvalue weighted by Crippen LogP contribution is -2.13. The molecule has 4 aromatic rings. The number of nitrogens with zero attached hydrogens (tertiary/aromatic N) is 3. The van der Waals surface area contributed by atoms with E-state index < -0.39 is 0 Å². The highest BCUT2D eigenvalue weighted by molar-refractivity contribution is 7.17. The number of carbonyl (C=O) groups is 1.